The summed E-state index contributed by atoms with van der Waals surface area (Å²) in [5.74, 6) is 0.140. The zero-order chi connectivity index (χ0) is 19.6. The molecule has 8 heteroatoms. The first-order chi connectivity index (χ1) is 14.3. The van der Waals surface area contributed by atoms with Crippen molar-refractivity contribution in [2.24, 2.45) is 0 Å². The SMILES string of the molecule is O=C(Nc1ncnc2nc[nH]c12)c1cccc(-c2ccc(-n3cccn3)cc2)c1. The van der Waals surface area contributed by atoms with Gasteiger partial charge < -0.3 is 10.3 Å². The molecule has 3 aromatic heterocycles. The predicted octanol–water partition coefficient (Wildman–Crippen LogP) is 3.46. The van der Waals surface area contributed by atoms with E-state index in [1.807, 2.05) is 54.7 Å². The minimum atomic E-state index is -0.255. The zero-order valence-electron chi connectivity index (χ0n) is 15.1. The van der Waals surface area contributed by atoms with E-state index in [0.29, 0.717) is 22.5 Å². The van der Waals surface area contributed by atoms with Crippen LogP contribution >= 0.6 is 0 Å². The molecule has 0 radical (unpaired) electrons. The number of aromatic amines is 1. The zero-order valence-corrected chi connectivity index (χ0v) is 15.1. The standard InChI is InChI=1S/C21H15N7O/c29-21(27-20-18-19(23-12-22-18)24-13-25-20)16-4-1-3-15(11-16)14-5-7-17(8-6-14)28-10-2-9-26-28/h1-13H,(H2,22,23,24,25,27,29). The highest BCUT2D eigenvalue weighted by molar-refractivity contribution is 6.07. The number of H-pyrrole nitrogens is 1. The van der Waals surface area contributed by atoms with E-state index >= 15 is 0 Å². The normalized spacial score (nSPS) is 10.9. The van der Waals surface area contributed by atoms with Crippen molar-refractivity contribution in [3.05, 3.63) is 85.2 Å². The molecule has 0 atom stereocenters. The first kappa shape index (κ1) is 16.8. The van der Waals surface area contributed by atoms with Gasteiger partial charge in [-0.1, -0.05) is 24.3 Å². The largest absolute Gasteiger partial charge is 0.340 e. The van der Waals surface area contributed by atoms with Gasteiger partial charge in [0.1, 0.15) is 11.8 Å². The van der Waals surface area contributed by atoms with Gasteiger partial charge in [-0.25, -0.2) is 19.6 Å². The molecule has 0 spiro atoms. The van der Waals surface area contributed by atoms with E-state index in [9.17, 15) is 4.79 Å². The summed E-state index contributed by atoms with van der Waals surface area (Å²) in [6.45, 7) is 0. The molecule has 29 heavy (non-hydrogen) atoms. The summed E-state index contributed by atoms with van der Waals surface area (Å²) >= 11 is 0. The van der Waals surface area contributed by atoms with E-state index in [2.05, 4.69) is 30.4 Å². The lowest BCUT2D eigenvalue weighted by molar-refractivity contribution is 0.102. The van der Waals surface area contributed by atoms with E-state index in [1.54, 1.807) is 16.9 Å². The van der Waals surface area contributed by atoms with Crippen molar-refractivity contribution < 1.29 is 4.79 Å². The Morgan fingerprint density at radius 1 is 0.966 bits per heavy atom. The first-order valence-corrected chi connectivity index (χ1v) is 8.94. The fourth-order valence-electron chi connectivity index (χ4n) is 3.11. The lowest BCUT2D eigenvalue weighted by atomic mass is 10.0. The number of carbonyl (C=O) groups is 1. The second kappa shape index (κ2) is 7.01. The number of nitrogens with zero attached hydrogens (tertiary/aromatic N) is 5. The van der Waals surface area contributed by atoms with E-state index in [1.165, 1.54) is 12.7 Å². The quantitative estimate of drug-likeness (QED) is 0.496. The Morgan fingerprint density at radius 2 is 1.86 bits per heavy atom. The van der Waals surface area contributed by atoms with Crippen LogP contribution in [0.3, 0.4) is 0 Å². The van der Waals surface area contributed by atoms with Crippen molar-refractivity contribution in [1.82, 2.24) is 29.7 Å². The summed E-state index contributed by atoms with van der Waals surface area (Å²) in [4.78, 5) is 28.0. The summed E-state index contributed by atoms with van der Waals surface area (Å²) in [7, 11) is 0. The van der Waals surface area contributed by atoms with Crippen LogP contribution in [0.1, 0.15) is 10.4 Å². The molecule has 2 aromatic carbocycles. The third-order valence-electron chi connectivity index (χ3n) is 4.55. The topological polar surface area (TPSA) is 101 Å². The molecule has 5 rings (SSSR count). The minimum absolute atomic E-state index is 0.255. The number of benzene rings is 2. The highest BCUT2D eigenvalue weighted by atomic mass is 16.1. The number of amides is 1. The van der Waals surface area contributed by atoms with Crippen LogP contribution < -0.4 is 5.32 Å². The highest BCUT2D eigenvalue weighted by Gasteiger charge is 2.12. The third-order valence-corrected chi connectivity index (χ3v) is 4.55. The van der Waals surface area contributed by atoms with Crippen LogP contribution in [0.4, 0.5) is 5.82 Å². The number of hydrogen-bond acceptors (Lipinski definition) is 5. The molecule has 2 N–H and O–H groups in total. The molecule has 0 saturated carbocycles. The highest BCUT2D eigenvalue weighted by Crippen LogP contribution is 2.23. The number of carbonyl (C=O) groups excluding carboxylic acids is 1. The molecule has 0 fully saturated rings. The molecule has 0 aliphatic carbocycles. The van der Waals surface area contributed by atoms with Gasteiger partial charge in [-0.05, 0) is 41.5 Å². The second-order valence-electron chi connectivity index (χ2n) is 6.36. The van der Waals surface area contributed by atoms with Gasteiger partial charge in [0.2, 0.25) is 0 Å². The van der Waals surface area contributed by atoms with Crippen molar-refractivity contribution in [2.45, 2.75) is 0 Å². The van der Waals surface area contributed by atoms with E-state index in [-0.39, 0.29) is 5.91 Å². The molecule has 5 aromatic rings. The van der Waals surface area contributed by atoms with Crippen molar-refractivity contribution in [1.29, 1.82) is 0 Å². The summed E-state index contributed by atoms with van der Waals surface area (Å²) in [5, 5.41) is 7.05. The van der Waals surface area contributed by atoms with Crippen LogP contribution in [-0.2, 0) is 0 Å². The molecule has 0 saturated heterocycles. The van der Waals surface area contributed by atoms with E-state index in [4.69, 9.17) is 0 Å². The lowest BCUT2D eigenvalue weighted by Gasteiger charge is -2.08. The summed E-state index contributed by atoms with van der Waals surface area (Å²) in [6.07, 6.45) is 6.52. The maximum Gasteiger partial charge on any atom is 0.256 e. The average Bonchev–Trinajstić information content (AvgIpc) is 3.47. The van der Waals surface area contributed by atoms with Crippen LogP contribution in [0.15, 0.2) is 79.6 Å². The minimum Gasteiger partial charge on any atom is -0.340 e. The van der Waals surface area contributed by atoms with Gasteiger partial charge in [-0.3, -0.25) is 4.79 Å². The number of nitrogens with one attached hydrogen (secondary N) is 2. The number of fused-ring (bicyclic) bond motifs is 1. The molecule has 140 valence electrons. The van der Waals surface area contributed by atoms with Crippen LogP contribution in [0.2, 0.25) is 0 Å². The fraction of sp³-hybridized carbons (Fsp3) is 0. The summed E-state index contributed by atoms with van der Waals surface area (Å²) in [6, 6.07) is 17.3. The fourth-order valence-corrected chi connectivity index (χ4v) is 3.11. The Bertz CT molecular complexity index is 1290. The van der Waals surface area contributed by atoms with Gasteiger partial charge >= 0.3 is 0 Å². The molecule has 8 nitrogen and oxygen atoms in total. The number of imidazole rings is 1. The molecular formula is C21H15N7O. The van der Waals surface area contributed by atoms with E-state index < -0.39 is 0 Å². The Hall–Kier alpha value is -4.33. The Kier molecular flexibility index (Phi) is 4.06. The van der Waals surface area contributed by atoms with Crippen LogP contribution in [-0.4, -0.2) is 35.6 Å². The van der Waals surface area contributed by atoms with Crippen LogP contribution in [0.5, 0.6) is 0 Å². The van der Waals surface area contributed by atoms with Crippen molar-refractivity contribution in [2.75, 3.05) is 5.32 Å². The number of rotatable bonds is 4. The van der Waals surface area contributed by atoms with Gasteiger partial charge in [0.05, 0.1) is 12.0 Å². The van der Waals surface area contributed by atoms with Gasteiger partial charge in [-0.2, -0.15) is 5.10 Å². The van der Waals surface area contributed by atoms with Gasteiger partial charge in [0.25, 0.3) is 5.91 Å². The monoisotopic (exact) mass is 381 g/mol. The summed E-state index contributed by atoms with van der Waals surface area (Å²) in [5.41, 5.74) is 4.55. The number of hydrogen-bond donors (Lipinski definition) is 2. The van der Waals surface area contributed by atoms with Crippen molar-refractivity contribution in [3.63, 3.8) is 0 Å². The van der Waals surface area contributed by atoms with Crippen molar-refractivity contribution >= 4 is 22.9 Å². The van der Waals surface area contributed by atoms with Gasteiger partial charge in [0, 0.05) is 18.0 Å². The molecule has 0 aliphatic heterocycles. The average molecular weight is 381 g/mol. The Labute approximate surface area is 165 Å². The smallest absolute Gasteiger partial charge is 0.256 e. The molecule has 0 bridgehead atoms. The molecule has 1 amide bonds. The van der Waals surface area contributed by atoms with E-state index in [0.717, 1.165) is 16.8 Å². The molecular weight excluding hydrogens is 366 g/mol. The predicted molar refractivity (Wildman–Crippen MR) is 109 cm³/mol. The second-order valence-corrected chi connectivity index (χ2v) is 6.36. The molecule has 0 aliphatic rings. The molecule has 3 heterocycles. The Balaban J connectivity index is 1.40. The maximum atomic E-state index is 12.8. The van der Waals surface area contributed by atoms with Crippen LogP contribution in [0, 0.1) is 0 Å². The van der Waals surface area contributed by atoms with Crippen molar-refractivity contribution in [3.8, 4) is 16.8 Å². The van der Waals surface area contributed by atoms with Gasteiger partial charge in [0.15, 0.2) is 11.5 Å². The van der Waals surface area contributed by atoms with Crippen LogP contribution in [0.25, 0.3) is 28.0 Å². The number of aromatic nitrogens is 6. The third kappa shape index (κ3) is 3.23. The van der Waals surface area contributed by atoms with Gasteiger partial charge in [-0.15, -0.1) is 0 Å². The maximum absolute atomic E-state index is 12.8. The molecule has 0 unspecified atom stereocenters. The lowest BCUT2D eigenvalue weighted by Crippen LogP contribution is -2.13. The summed E-state index contributed by atoms with van der Waals surface area (Å²) < 4.78 is 1.80. The first-order valence-electron chi connectivity index (χ1n) is 8.94. The Morgan fingerprint density at radius 3 is 2.69 bits per heavy atom. The number of anilines is 1.